The van der Waals surface area contributed by atoms with Crippen LogP contribution >= 0.6 is 11.3 Å². The number of aromatic nitrogens is 1. The SMILES string of the molecule is C=CC(=O)OCOc1ccc(OC(=O)C2CCC(C(=O)OCCc3ccc(OC(=O)C4CCC(C(=O)Oc5cc(OCOC(=O)C=C)cc(OCOC(=O)C=C)c5)CC4)c4nc(-c5ccc(C#N)cc5)sc34)CC2)cc1. The van der Waals surface area contributed by atoms with Crippen LogP contribution in [0.4, 0.5) is 0 Å². The number of nitriles is 1. The first-order valence-corrected chi connectivity index (χ1v) is 24.9. The number of ether oxygens (including phenoxy) is 10. The van der Waals surface area contributed by atoms with E-state index >= 15 is 0 Å². The van der Waals surface area contributed by atoms with Crippen molar-refractivity contribution >= 4 is 63.3 Å². The van der Waals surface area contributed by atoms with Crippen molar-refractivity contribution in [3.05, 3.63) is 128 Å². The summed E-state index contributed by atoms with van der Waals surface area (Å²) in [6, 6.07) is 23.0. The van der Waals surface area contributed by atoms with Gasteiger partial charge >= 0.3 is 41.8 Å². The summed E-state index contributed by atoms with van der Waals surface area (Å²) in [4.78, 5) is 92.6. The van der Waals surface area contributed by atoms with Crippen molar-refractivity contribution in [2.75, 3.05) is 27.0 Å². The van der Waals surface area contributed by atoms with Crippen molar-refractivity contribution in [3.8, 4) is 51.1 Å². The van der Waals surface area contributed by atoms with Gasteiger partial charge in [-0.3, -0.25) is 19.2 Å². The summed E-state index contributed by atoms with van der Waals surface area (Å²) in [7, 11) is 0. The molecule has 0 radical (unpaired) electrons. The van der Waals surface area contributed by atoms with E-state index in [4.69, 9.17) is 52.4 Å². The highest BCUT2D eigenvalue weighted by atomic mass is 32.1. The molecule has 0 saturated heterocycles. The lowest BCUT2D eigenvalue weighted by Crippen LogP contribution is -2.30. The first kappa shape index (κ1) is 54.9. The van der Waals surface area contributed by atoms with Crippen LogP contribution in [0.3, 0.4) is 0 Å². The molecule has 20 heteroatoms. The summed E-state index contributed by atoms with van der Waals surface area (Å²) < 4.78 is 54.7. The summed E-state index contributed by atoms with van der Waals surface area (Å²) in [5.41, 5.74) is 2.48. The Kier molecular flexibility index (Phi) is 19.5. The van der Waals surface area contributed by atoms with Gasteiger partial charge in [-0.05, 0) is 99.4 Å². The molecule has 2 fully saturated rings. The fourth-order valence-electron chi connectivity index (χ4n) is 8.24. The highest BCUT2D eigenvalue weighted by Crippen LogP contribution is 2.40. The molecule has 2 aliphatic carbocycles. The minimum atomic E-state index is -0.718. The number of hydrogen-bond acceptors (Lipinski definition) is 20. The van der Waals surface area contributed by atoms with E-state index in [2.05, 4.69) is 25.8 Å². The van der Waals surface area contributed by atoms with E-state index in [0.717, 1.165) is 34.1 Å². The van der Waals surface area contributed by atoms with Crippen LogP contribution in [0.1, 0.15) is 62.5 Å². The fraction of sp³-hybridized carbons (Fsp3) is 0.304. The molecule has 76 heavy (non-hydrogen) atoms. The van der Waals surface area contributed by atoms with Gasteiger partial charge in [0.2, 0.25) is 20.4 Å². The molecule has 0 N–H and O–H groups in total. The third-order valence-electron chi connectivity index (χ3n) is 12.4. The predicted molar refractivity (Wildman–Crippen MR) is 270 cm³/mol. The number of esters is 7. The van der Waals surface area contributed by atoms with Crippen molar-refractivity contribution in [1.82, 2.24) is 4.98 Å². The summed E-state index contributed by atoms with van der Waals surface area (Å²) in [5, 5.41) is 9.99. The molecule has 7 rings (SSSR count). The van der Waals surface area contributed by atoms with E-state index in [0.29, 0.717) is 85.4 Å². The van der Waals surface area contributed by atoms with Gasteiger partial charge in [-0.15, -0.1) is 11.3 Å². The van der Waals surface area contributed by atoms with Gasteiger partial charge in [0.25, 0.3) is 0 Å². The van der Waals surface area contributed by atoms with Crippen molar-refractivity contribution in [2.24, 2.45) is 23.7 Å². The van der Waals surface area contributed by atoms with Gasteiger partial charge in [-0.1, -0.05) is 37.9 Å². The standard InChI is InChI=1S/C56H52N2O17S/c1-4-47(59)70-31-67-41-20-22-42(23-21-41)73-54(63)38-13-11-37(12-14-38)53(62)66-26-25-35-19-24-46(50-51(35)76-52(58-50)36-9-7-34(30-57)8-10-36)75-56(65)40-17-15-39(16-18-40)55(64)74-45-28-43(68-32-71-48(60)5-2)27-44(29-45)69-33-72-49(61)6-3/h4-10,19-24,27-29,37-40H,1-3,11-18,25-26,31-33H2. The number of nitrogens with zero attached hydrogens (tertiary/aromatic N) is 2. The van der Waals surface area contributed by atoms with Gasteiger partial charge in [0.05, 0.1) is 46.6 Å². The van der Waals surface area contributed by atoms with Crippen LogP contribution in [0, 0.1) is 35.0 Å². The van der Waals surface area contributed by atoms with Crippen LogP contribution in [0.15, 0.2) is 117 Å². The number of carbonyl (C=O) groups is 7. The average Bonchev–Trinajstić information content (AvgIpc) is 3.91. The lowest BCUT2D eigenvalue weighted by atomic mass is 9.82. The molecule has 4 aromatic carbocycles. The molecule has 0 aliphatic heterocycles. The van der Waals surface area contributed by atoms with Gasteiger partial charge in [-0.2, -0.15) is 5.26 Å². The monoisotopic (exact) mass is 1060 g/mol. The molecule has 0 atom stereocenters. The first-order valence-electron chi connectivity index (χ1n) is 24.1. The van der Waals surface area contributed by atoms with Gasteiger partial charge in [0.15, 0.2) is 5.75 Å². The molecule has 2 saturated carbocycles. The molecule has 394 valence electrons. The van der Waals surface area contributed by atoms with Crippen LogP contribution in [0.2, 0.25) is 0 Å². The molecule has 1 aromatic heterocycles. The summed E-state index contributed by atoms with van der Waals surface area (Å²) in [6.45, 7) is 8.79. The Morgan fingerprint density at radius 2 is 0.987 bits per heavy atom. The Bertz CT molecular complexity index is 2950. The zero-order chi connectivity index (χ0) is 54.0. The Hall–Kier alpha value is -8.83. The number of carbonyl (C=O) groups excluding carboxylic acids is 7. The number of benzene rings is 4. The Balaban J connectivity index is 0.928. The maximum atomic E-state index is 13.8. The molecular weight excluding hydrogens is 1000 g/mol. The van der Waals surface area contributed by atoms with Crippen molar-refractivity contribution in [1.29, 1.82) is 5.26 Å². The van der Waals surface area contributed by atoms with Crippen LogP contribution < -0.4 is 28.4 Å². The zero-order valence-corrected chi connectivity index (χ0v) is 41.9. The largest absolute Gasteiger partial charge is 0.465 e. The van der Waals surface area contributed by atoms with E-state index in [-0.39, 0.29) is 48.3 Å². The molecule has 0 amide bonds. The summed E-state index contributed by atoms with van der Waals surface area (Å²) in [5.74, 6) is -4.49. The maximum Gasteiger partial charge on any atom is 0.333 e. The molecular formula is C56H52N2O17S. The second kappa shape index (κ2) is 26.9. The van der Waals surface area contributed by atoms with Crippen LogP contribution in [0.25, 0.3) is 20.8 Å². The summed E-state index contributed by atoms with van der Waals surface area (Å²) >= 11 is 1.37. The second-order valence-corrected chi connectivity index (χ2v) is 18.3. The number of thiazole rings is 1. The third kappa shape index (κ3) is 15.4. The number of rotatable bonds is 23. The molecule has 0 spiro atoms. The van der Waals surface area contributed by atoms with Gasteiger partial charge in [0.1, 0.15) is 39.3 Å². The normalized spacial score (nSPS) is 16.8. The van der Waals surface area contributed by atoms with E-state index in [1.54, 1.807) is 54.6 Å². The fourth-order valence-corrected chi connectivity index (χ4v) is 9.37. The van der Waals surface area contributed by atoms with Gasteiger partial charge in [-0.25, -0.2) is 19.4 Å². The van der Waals surface area contributed by atoms with E-state index in [1.807, 2.05) is 6.07 Å². The predicted octanol–water partition coefficient (Wildman–Crippen LogP) is 8.85. The number of fused-ring (bicyclic) bond motifs is 1. The van der Waals surface area contributed by atoms with Crippen LogP contribution in [0.5, 0.6) is 34.5 Å². The quantitative estimate of drug-likeness (QED) is 0.0195. The first-order chi connectivity index (χ1) is 36.8. The Morgan fingerprint density at radius 1 is 0.539 bits per heavy atom. The van der Waals surface area contributed by atoms with Gasteiger partial charge < -0.3 is 47.4 Å². The molecule has 0 bridgehead atoms. The second-order valence-electron chi connectivity index (χ2n) is 17.3. The maximum absolute atomic E-state index is 13.8. The van der Waals surface area contributed by atoms with E-state index in [1.165, 1.54) is 29.5 Å². The molecule has 2 aliphatic rings. The summed E-state index contributed by atoms with van der Waals surface area (Å²) in [6.07, 6.45) is 6.39. The average molecular weight is 1060 g/mol. The van der Waals surface area contributed by atoms with Gasteiger partial charge in [0, 0.05) is 48.4 Å². The smallest absolute Gasteiger partial charge is 0.333 e. The molecule has 0 unspecified atom stereocenters. The zero-order valence-electron chi connectivity index (χ0n) is 41.1. The van der Waals surface area contributed by atoms with Crippen LogP contribution in [-0.4, -0.2) is 73.8 Å². The van der Waals surface area contributed by atoms with E-state index < -0.39 is 67.2 Å². The lowest BCUT2D eigenvalue weighted by molar-refractivity contribution is -0.152. The van der Waals surface area contributed by atoms with E-state index in [9.17, 15) is 38.8 Å². The third-order valence-corrected chi connectivity index (χ3v) is 13.5. The topological polar surface area (TPSA) is 248 Å². The minimum absolute atomic E-state index is 0.0411. The molecule has 5 aromatic rings. The van der Waals surface area contributed by atoms with Crippen molar-refractivity contribution in [3.63, 3.8) is 0 Å². The Labute approximate surface area is 440 Å². The van der Waals surface area contributed by atoms with Crippen molar-refractivity contribution in [2.45, 2.75) is 57.8 Å². The minimum Gasteiger partial charge on any atom is -0.465 e. The Morgan fingerprint density at radius 3 is 1.49 bits per heavy atom. The lowest BCUT2D eigenvalue weighted by Gasteiger charge is -2.26. The van der Waals surface area contributed by atoms with Crippen molar-refractivity contribution < 1.29 is 80.9 Å². The highest BCUT2D eigenvalue weighted by molar-refractivity contribution is 7.21. The van der Waals surface area contributed by atoms with Crippen LogP contribution in [-0.2, 0) is 58.9 Å². The molecule has 19 nitrogen and oxygen atoms in total. The molecule has 1 heterocycles. The highest BCUT2D eigenvalue weighted by Gasteiger charge is 2.34. The number of hydrogen-bond donors (Lipinski definition) is 0.